The molecule has 3 aromatic carbocycles. The van der Waals surface area contributed by atoms with Gasteiger partial charge in [-0.2, -0.15) is 4.99 Å². The van der Waals surface area contributed by atoms with Gasteiger partial charge in [0.2, 0.25) is 0 Å². The fraction of sp³-hybridized carbons (Fsp3) is 0.115. The fourth-order valence-electron chi connectivity index (χ4n) is 3.18. The van der Waals surface area contributed by atoms with Crippen molar-refractivity contribution in [2.45, 2.75) is 13.5 Å². The van der Waals surface area contributed by atoms with E-state index in [1.807, 2.05) is 6.92 Å². The van der Waals surface area contributed by atoms with Crippen LogP contribution in [0.25, 0.3) is 6.08 Å². The molecule has 0 bridgehead atoms. The van der Waals surface area contributed by atoms with E-state index < -0.39 is 5.91 Å². The molecular weight excluding hydrogens is 543 g/mol. The molecule has 10 heteroatoms. The van der Waals surface area contributed by atoms with E-state index in [0.717, 1.165) is 22.9 Å². The second-order valence-electron chi connectivity index (χ2n) is 7.46. The normalized spacial score (nSPS) is 15.3. The minimum absolute atomic E-state index is 0.205. The maximum atomic E-state index is 12.5. The Labute approximate surface area is 227 Å². The number of thioether (sulfide) groups is 1. The number of halogens is 3. The van der Waals surface area contributed by atoms with Crippen molar-refractivity contribution in [2.75, 3.05) is 6.61 Å². The number of rotatable bonds is 7. The van der Waals surface area contributed by atoms with Crippen LogP contribution in [0.3, 0.4) is 0 Å². The van der Waals surface area contributed by atoms with E-state index in [9.17, 15) is 9.59 Å². The lowest BCUT2D eigenvalue weighted by Crippen LogP contribution is -2.20. The third kappa shape index (κ3) is 6.62. The molecule has 0 atom stereocenters. The Hall–Kier alpha value is -2.97. The maximum absolute atomic E-state index is 12.5. The van der Waals surface area contributed by atoms with Gasteiger partial charge in [0.15, 0.2) is 16.7 Å². The number of carbonyl (C=O) groups is 2. The van der Waals surface area contributed by atoms with Crippen molar-refractivity contribution in [2.24, 2.45) is 4.99 Å². The van der Waals surface area contributed by atoms with Crippen LogP contribution in [0.1, 0.15) is 28.4 Å². The van der Waals surface area contributed by atoms with Crippen LogP contribution in [-0.4, -0.2) is 23.6 Å². The lowest BCUT2D eigenvalue weighted by atomic mass is 10.2. The molecule has 0 spiro atoms. The average molecular weight is 562 g/mol. The van der Waals surface area contributed by atoms with E-state index in [2.05, 4.69) is 10.3 Å². The fourth-order valence-corrected chi connectivity index (χ4v) is 4.59. The van der Waals surface area contributed by atoms with Gasteiger partial charge < -0.3 is 14.8 Å². The van der Waals surface area contributed by atoms with Crippen molar-refractivity contribution in [1.29, 1.82) is 0 Å². The molecular formula is C26H19Cl3N2O4S. The molecule has 2 amide bonds. The van der Waals surface area contributed by atoms with Crippen LogP contribution in [0.2, 0.25) is 15.1 Å². The third-order valence-corrected chi connectivity index (χ3v) is 6.66. The monoisotopic (exact) mass is 560 g/mol. The predicted molar refractivity (Wildman–Crippen MR) is 145 cm³/mol. The summed E-state index contributed by atoms with van der Waals surface area (Å²) in [5.74, 6) is 0.228. The van der Waals surface area contributed by atoms with E-state index in [0.29, 0.717) is 43.6 Å². The number of carbonyl (C=O) groups excluding carboxylic acids is 2. The zero-order valence-electron chi connectivity index (χ0n) is 18.9. The molecule has 1 saturated heterocycles. The summed E-state index contributed by atoms with van der Waals surface area (Å²) in [6, 6.07) is 16.9. The largest absolute Gasteiger partial charge is 0.490 e. The predicted octanol–water partition coefficient (Wildman–Crippen LogP) is 7.02. The summed E-state index contributed by atoms with van der Waals surface area (Å²) >= 11 is 19.1. The van der Waals surface area contributed by atoms with Gasteiger partial charge in [-0.3, -0.25) is 9.59 Å². The molecule has 3 aromatic rings. The Morgan fingerprint density at radius 3 is 2.44 bits per heavy atom. The van der Waals surface area contributed by atoms with E-state index >= 15 is 0 Å². The highest BCUT2D eigenvalue weighted by Crippen LogP contribution is 2.33. The highest BCUT2D eigenvalue weighted by molar-refractivity contribution is 8.18. The highest BCUT2D eigenvalue weighted by atomic mass is 35.5. The first-order valence-electron chi connectivity index (χ1n) is 10.8. The molecule has 0 aromatic heterocycles. The van der Waals surface area contributed by atoms with Crippen LogP contribution in [0, 0.1) is 0 Å². The molecule has 0 radical (unpaired) electrons. The Morgan fingerprint density at radius 1 is 0.972 bits per heavy atom. The summed E-state index contributed by atoms with van der Waals surface area (Å²) in [4.78, 5) is 29.2. The summed E-state index contributed by atoms with van der Waals surface area (Å²) in [5, 5.41) is 4.40. The van der Waals surface area contributed by atoms with Crippen LogP contribution in [-0.2, 0) is 11.4 Å². The minimum Gasteiger partial charge on any atom is -0.490 e. The lowest BCUT2D eigenvalue weighted by molar-refractivity contribution is -0.115. The van der Waals surface area contributed by atoms with Gasteiger partial charge in [-0.05, 0) is 78.9 Å². The van der Waals surface area contributed by atoms with E-state index in [1.165, 1.54) is 0 Å². The number of amides is 2. The Bertz CT molecular complexity index is 1370. The first-order chi connectivity index (χ1) is 17.3. The molecule has 6 nitrogen and oxygen atoms in total. The molecule has 0 unspecified atom stereocenters. The Kier molecular flexibility index (Phi) is 8.59. The van der Waals surface area contributed by atoms with Gasteiger partial charge >= 0.3 is 0 Å². The number of ether oxygens (including phenoxy) is 2. The van der Waals surface area contributed by atoms with Gasteiger partial charge in [0.25, 0.3) is 11.8 Å². The van der Waals surface area contributed by atoms with Gasteiger partial charge in [0.05, 0.1) is 11.5 Å². The molecule has 184 valence electrons. The number of amidine groups is 1. The number of hydrogen-bond acceptors (Lipinski definition) is 5. The molecule has 1 fully saturated rings. The number of benzene rings is 3. The van der Waals surface area contributed by atoms with E-state index in [1.54, 1.807) is 66.7 Å². The molecule has 1 aliphatic rings. The maximum Gasteiger partial charge on any atom is 0.279 e. The summed E-state index contributed by atoms with van der Waals surface area (Å²) in [6.07, 6.45) is 1.69. The van der Waals surface area contributed by atoms with Gasteiger partial charge in [-0.1, -0.05) is 46.9 Å². The van der Waals surface area contributed by atoms with Crippen molar-refractivity contribution >= 4 is 69.6 Å². The third-order valence-electron chi connectivity index (χ3n) is 4.91. The number of aliphatic imine (C=N–C) groups is 1. The average Bonchev–Trinajstić information content (AvgIpc) is 3.18. The van der Waals surface area contributed by atoms with Gasteiger partial charge in [0.1, 0.15) is 6.61 Å². The van der Waals surface area contributed by atoms with Gasteiger partial charge in [-0.15, -0.1) is 0 Å². The SMILES string of the molecule is CCOc1cc(/C=C2\SC(=NC(=O)c3ccc(Cl)cc3)NC2=O)ccc1OCc1ccc(Cl)cc1Cl. The van der Waals surface area contributed by atoms with Gasteiger partial charge in [-0.25, -0.2) is 0 Å². The van der Waals surface area contributed by atoms with Crippen LogP contribution in [0.4, 0.5) is 0 Å². The minimum atomic E-state index is -0.475. The summed E-state index contributed by atoms with van der Waals surface area (Å²) in [5.41, 5.74) is 1.88. The molecule has 1 aliphatic heterocycles. The lowest BCUT2D eigenvalue weighted by Gasteiger charge is -2.13. The van der Waals surface area contributed by atoms with Crippen molar-refractivity contribution in [1.82, 2.24) is 5.32 Å². The van der Waals surface area contributed by atoms with Crippen molar-refractivity contribution in [3.05, 3.63) is 97.3 Å². The van der Waals surface area contributed by atoms with E-state index in [-0.39, 0.29) is 17.7 Å². The molecule has 0 saturated carbocycles. The van der Waals surface area contributed by atoms with Crippen LogP contribution < -0.4 is 14.8 Å². The Morgan fingerprint density at radius 2 is 1.72 bits per heavy atom. The quantitative estimate of drug-likeness (QED) is 0.314. The van der Waals surface area contributed by atoms with Crippen molar-refractivity contribution in [3.8, 4) is 11.5 Å². The molecule has 0 aliphatic carbocycles. The molecule has 36 heavy (non-hydrogen) atoms. The highest BCUT2D eigenvalue weighted by Gasteiger charge is 2.25. The first-order valence-corrected chi connectivity index (χ1v) is 12.7. The zero-order chi connectivity index (χ0) is 25.7. The molecule has 1 heterocycles. The first kappa shape index (κ1) is 26.1. The zero-order valence-corrected chi connectivity index (χ0v) is 22.0. The summed E-state index contributed by atoms with van der Waals surface area (Å²) in [7, 11) is 0. The number of nitrogens with one attached hydrogen (secondary N) is 1. The number of nitrogens with zero attached hydrogens (tertiary/aromatic N) is 1. The van der Waals surface area contributed by atoms with E-state index in [4.69, 9.17) is 44.3 Å². The van der Waals surface area contributed by atoms with Crippen molar-refractivity contribution < 1.29 is 19.1 Å². The second kappa shape index (κ2) is 11.8. The standard InChI is InChI=1S/C26H19Cl3N2O4S/c1-2-34-22-11-15(3-10-21(22)35-14-17-6-9-19(28)13-20(17)29)12-23-25(33)31-26(36-23)30-24(32)16-4-7-18(27)8-5-16/h3-13H,2,14H2,1H3,(H,30,31,32,33)/b23-12-. The van der Waals surface area contributed by atoms with Crippen LogP contribution in [0.5, 0.6) is 11.5 Å². The summed E-state index contributed by atoms with van der Waals surface area (Å²) < 4.78 is 11.7. The molecule has 4 rings (SSSR count). The summed E-state index contributed by atoms with van der Waals surface area (Å²) in [6.45, 7) is 2.53. The van der Waals surface area contributed by atoms with Crippen LogP contribution in [0.15, 0.2) is 70.6 Å². The van der Waals surface area contributed by atoms with Crippen molar-refractivity contribution in [3.63, 3.8) is 0 Å². The molecule has 1 N–H and O–H groups in total. The van der Waals surface area contributed by atoms with Gasteiger partial charge in [0, 0.05) is 26.2 Å². The van der Waals surface area contributed by atoms with Crippen LogP contribution >= 0.6 is 46.6 Å². The smallest absolute Gasteiger partial charge is 0.279 e. The topological polar surface area (TPSA) is 77.0 Å². The second-order valence-corrected chi connectivity index (χ2v) is 9.77. The Balaban J connectivity index is 1.49. The number of hydrogen-bond donors (Lipinski definition) is 1.